The van der Waals surface area contributed by atoms with Gasteiger partial charge in [-0.1, -0.05) is 6.07 Å². The lowest BCUT2D eigenvalue weighted by atomic mass is 10.2. The van der Waals surface area contributed by atoms with Crippen molar-refractivity contribution >= 4 is 22.4 Å². The van der Waals surface area contributed by atoms with E-state index < -0.39 is 0 Å². The third-order valence-corrected chi connectivity index (χ3v) is 4.01. The Morgan fingerprint density at radius 3 is 3.00 bits per heavy atom. The summed E-state index contributed by atoms with van der Waals surface area (Å²) < 4.78 is 0. The largest absolute Gasteiger partial charge is 0.342 e. The van der Waals surface area contributed by atoms with Crippen LogP contribution in [0.2, 0.25) is 0 Å². The zero-order valence-corrected chi connectivity index (χ0v) is 11.2. The number of fused-ring (bicyclic) bond motifs is 1. The van der Waals surface area contributed by atoms with Crippen LogP contribution in [-0.4, -0.2) is 9.97 Å². The molecule has 0 radical (unpaired) electrons. The lowest BCUT2D eigenvalue weighted by molar-refractivity contribution is 0.793. The normalized spacial score (nSPS) is 10.7. The van der Waals surface area contributed by atoms with Gasteiger partial charge in [-0.15, -0.1) is 11.3 Å². The summed E-state index contributed by atoms with van der Waals surface area (Å²) in [7, 11) is 0. The Bertz CT molecular complexity index is 720. The van der Waals surface area contributed by atoms with E-state index in [1.165, 1.54) is 4.88 Å². The van der Waals surface area contributed by atoms with Crippen molar-refractivity contribution in [3.63, 3.8) is 0 Å². The summed E-state index contributed by atoms with van der Waals surface area (Å²) >= 11 is 1.80. The van der Waals surface area contributed by atoms with Crippen LogP contribution in [-0.2, 0) is 12.8 Å². The number of aromatic nitrogens is 2. The highest BCUT2D eigenvalue weighted by Gasteiger charge is 2.04. The van der Waals surface area contributed by atoms with Gasteiger partial charge in [-0.3, -0.25) is 0 Å². The van der Waals surface area contributed by atoms with Gasteiger partial charge >= 0.3 is 0 Å². The molecule has 0 amide bonds. The van der Waals surface area contributed by atoms with Crippen LogP contribution >= 0.6 is 11.3 Å². The lowest BCUT2D eigenvalue weighted by Crippen LogP contribution is -1.90. The number of H-pyrrole nitrogens is 1. The van der Waals surface area contributed by atoms with E-state index in [1.54, 1.807) is 17.4 Å². The highest BCUT2D eigenvalue weighted by molar-refractivity contribution is 7.09. The predicted octanol–water partition coefficient (Wildman–Crippen LogP) is 3.67. The fourth-order valence-corrected chi connectivity index (χ4v) is 2.89. The molecule has 0 aliphatic rings. The van der Waals surface area contributed by atoms with Crippen LogP contribution in [0.5, 0.6) is 0 Å². The quantitative estimate of drug-likeness (QED) is 0.784. The summed E-state index contributed by atoms with van der Waals surface area (Å²) in [4.78, 5) is 9.26. The molecule has 94 valence electrons. The summed E-state index contributed by atoms with van der Waals surface area (Å²) in [6.07, 6.45) is 3.12. The average Bonchev–Trinajstić information content (AvgIpc) is 3.06. The van der Waals surface area contributed by atoms with Gasteiger partial charge in [-0.05, 0) is 42.5 Å². The van der Waals surface area contributed by atoms with Gasteiger partial charge in [-0.25, -0.2) is 4.98 Å². The van der Waals surface area contributed by atoms with Gasteiger partial charge in [0, 0.05) is 11.3 Å². The van der Waals surface area contributed by atoms with Gasteiger partial charge in [0.05, 0.1) is 22.7 Å². The Hall–Kier alpha value is -2.12. The van der Waals surface area contributed by atoms with Gasteiger partial charge in [-0.2, -0.15) is 5.26 Å². The third kappa shape index (κ3) is 2.67. The number of rotatable bonds is 4. The predicted molar refractivity (Wildman–Crippen MR) is 77.2 cm³/mol. The van der Waals surface area contributed by atoms with E-state index in [9.17, 15) is 0 Å². The molecule has 0 aliphatic carbocycles. The van der Waals surface area contributed by atoms with Crippen LogP contribution in [0.3, 0.4) is 0 Å². The van der Waals surface area contributed by atoms with Gasteiger partial charge in [0.25, 0.3) is 0 Å². The zero-order chi connectivity index (χ0) is 13.1. The SMILES string of the molecule is N#Cc1ccc2nc(CCCc3cccs3)[nH]c2c1. The van der Waals surface area contributed by atoms with E-state index >= 15 is 0 Å². The maximum Gasteiger partial charge on any atom is 0.107 e. The molecular weight excluding hydrogens is 254 g/mol. The second-order valence-corrected chi connectivity index (χ2v) is 5.49. The minimum absolute atomic E-state index is 0.668. The van der Waals surface area contributed by atoms with Crippen LogP contribution in [0, 0.1) is 11.3 Å². The van der Waals surface area contributed by atoms with Crippen molar-refractivity contribution in [1.29, 1.82) is 5.26 Å². The number of imidazole rings is 1. The molecule has 0 aliphatic heterocycles. The van der Waals surface area contributed by atoms with E-state index in [1.807, 2.05) is 12.1 Å². The number of thiophene rings is 1. The monoisotopic (exact) mass is 267 g/mol. The van der Waals surface area contributed by atoms with Gasteiger partial charge in [0.15, 0.2) is 0 Å². The standard InChI is InChI=1S/C15H13N3S/c16-10-11-6-7-13-14(9-11)18-15(17-13)5-1-3-12-4-2-8-19-12/h2,4,6-9H,1,3,5H2,(H,17,18). The zero-order valence-electron chi connectivity index (χ0n) is 10.4. The lowest BCUT2D eigenvalue weighted by Gasteiger charge is -1.95. The molecule has 1 aromatic carbocycles. The minimum Gasteiger partial charge on any atom is -0.342 e. The maximum absolute atomic E-state index is 8.87. The molecule has 2 aromatic heterocycles. The van der Waals surface area contributed by atoms with E-state index in [2.05, 4.69) is 33.5 Å². The molecule has 4 heteroatoms. The number of aryl methyl sites for hydroxylation is 2. The molecule has 1 N–H and O–H groups in total. The van der Waals surface area contributed by atoms with Crippen LogP contribution in [0.25, 0.3) is 11.0 Å². The average molecular weight is 267 g/mol. The molecule has 2 heterocycles. The highest BCUT2D eigenvalue weighted by atomic mass is 32.1. The van der Waals surface area contributed by atoms with E-state index in [4.69, 9.17) is 5.26 Å². The summed E-state index contributed by atoms with van der Waals surface area (Å²) in [6.45, 7) is 0. The molecule has 3 nitrogen and oxygen atoms in total. The van der Waals surface area contributed by atoms with E-state index in [-0.39, 0.29) is 0 Å². The summed E-state index contributed by atoms with van der Waals surface area (Å²) in [5.41, 5.74) is 2.55. The molecule has 0 spiro atoms. The summed E-state index contributed by atoms with van der Waals surface area (Å²) in [6, 6.07) is 12.0. The highest BCUT2D eigenvalue weighted by Crippen LogP contribution is 2.16. The fourth-order valence-electron chi connectivity index (χ4n) is 2.14. The summed E-state index contributed by atoms with van der Waals surface area (Å²) in [5.74, 6) is 1.00. The minimum atomic E-state index is 0.668. The first-order valence-corrected chi connectivity index (χ1v) is 7.14. The Balaban J connectivity index is 1.69. The molecule has 0 atom stereocenters. The third-order valence-electron chi connectivity index (χ3n) is 3.08. The number of hydrogen-bond donors (Lipinski definition) is 1. The maximum atomic E-state index is 8.87. The number of aromatic amines is 1. The number of nitrogens with zero attached hydrogens (tertiary/aromatic N) is 2. The molecule has 0 saturated carbocycles. The molecular formula is C15H13N3S. The number of benzene rings is 1. The molecule has 3 aromatic rings. The first kappa shape index (κ1) is 11.9. The smallest absolute Gasteiger partial charge is 0.107 e. The first-order chi connectivity index (χ1) is 9.35. The van der Waals surface area contributed by atoms with Crippen LogP contribution in [0.4, 0.5) is 0 Å². The van der Waals surface area contributed by atoms with Crippen molar-refractivity contribution < 1.29 is 0 Å². The van der Waals surface area contributed by atoms with Crippen LogP contribution in [0.15, 0.2) is 35.7 Å². The summed E-state index contributed by atoms with van der Waals surface area (Å²) in [5, 5.41) is 11.0. The van der Waals surface area contributed by atoms with Crippen LogP contribution in [0.1, 0.15) is 22.7 Å². The molecule has 3 rings (SSSR count). The second-order valence-electron chi connectivity index (χ2n) is 4.46. The number of hydrogen-bond acceptors (Lipinski definition) is 3. The van der Waals surface area contributed by atoms with Gasteiger partial charge in [0.2, 0.25) is 0 Å². The first-order valence-electron chi connectivity index (χ1n) is 6.26. The fraction of sp³-hybridized carbons (Fsp3) is 0.200. The second kappa shape index (κ2) is 5.25. The van der Waals surface area contributed by atoms with E-state index in [0.717, 1.165) is 36.1 Å². The van der Waals surface area contributed by atoms with E-state index in [0.29, 0.717) is 5.56 Å². The number of nitrogens with one attached hydrogen (secondary N) is 1. The van der Waals surface area contributed by atoms with Crippen molar-refractivity contribution in [2.45, 2.75) is 19.3 Å². The molecule has 0 bridgehead atoms. The molecule has 0 fully saturated rings. The van der Waals surface area contributed by atoms with Crippen molar-refractivity contribution in [3.8, 4) is 6.07 Å². The molecule has 19 heavy (non-hydrogen) atoms. The Labute approximate surface area is 115 Å². The van der Waals surface area contributed by atoms with Crippen LogP contribution < -0.4 is 0 Å². The number of nitriles is 1. The van der Waals surface area contributed by atoms with Crippen molar-refractivity contribution in [2.75, 3.05) is 0 Å². The van der Waals surface area contributed by atoms with Crippen molar-refractivity contribution in [1.82, 2.24) is 9.97 Å². The van der Waals surface area contributed by atoms with Crippen molar-refractivity contribution in [3.05, 3.63) is 52.0 Å². The Morgan fingerprint density at radius 2 is 2.21 bits per heavy atom. The van der Waals surface area contributed by atoms with Crippen molar-refractivity contribution in [2.24, 2.45) is 0 Å². The molecule has 0 saturated heterocycles. The molecule has 0 unspecified atom stereocenters. The van der Waals surface area contributed by atoms with Gasteiger partial charge < -0.3 is 4.98 Å². The topological polar surface area (TPSA) is 52.5 Å². The Morgan fingerprint density at radius 1 is 1.26 bits per heavy atom. The Kier molecular flexibility index (Phi) is 3.30. The van der Waals surface area contributed by atoms with Gasteiger partial charge in [0.1, 0.15) is 5.82 Å².